The zero-order chi connectivity index (χ0) is 14.1. The summed E-state index contributed by atoms with van der Waals surface area (Å²) in [6.45, 7) is 4.05. The molecule has 2 aromatic heterocycles. The summed E-state index contributed by atoms with van der Waals surface area (Å²) in [6, 6.07) is 3.89. The van der Waals surface area contributed by atoms with Crippen LogP contribution in [0.2, 0.25) is 0 Å². The quantitative estimate of drug-likeness (QED) is 0.909. The molecule has 0 radical (unpaired) electrons. The van der Waals surface area contributed by atoms with Gasteiger partial charge >= 0.3 is 0 Å². The number of anilines is 1. The molecule has 1 fully saturated rings. The second-order valence-electron chi connectivity index (χ2n) is 5.75. The third-order valence-corrected chi connectivity index (χ3v) is 4.34. The second kappa shape index (κ2) is 5.27. The SMILES string of the molecule is Cc1nc2ccc(NC(=O)C3CCCCC3)cn2c1C. The summed E-state index contributed by atoms with van der Waals surface area (Å²) in [4.78, 5) is 16.7. The van der Waals surface area contributed by atoms with Crippen LogP contribution in [0.3, 0.4) is 0 Å². The molecule has 2 heterocycles. The molecule has 3 rings (SSSR count). The van der Waals surface area contributed by atoms with Crippen molar-refractivity contribution in [1.29, 1.82) is 0 Å². The Morgan fingerprint density at radius 1 is 1.25 bits per heavy atom. The lowest BCUT2D eigenvalue weighted by atomic mass is 9.88. The van der Waals surface area contributed by atoms with Gasteiger partial charge in [-0.15, -0.1) is 0 Å². The van der Waals surface area contributed by atoms with Crippen molar-refractivity contribution in [1.82, 2.24) is 9.38 Å². The first kappa shape index (κ1) is 13.2. The third kappa shape index (κ3) is 2.42. The lowest BCUT2D eigenvalue weighted by Gasteiger charge is -2.20. The summed E-state index contributed by atoms with van der Waals surface area (Å²) in [5, 5.41) is 3.05. The van der Waals surface area contributed by atoms with Gasteiger partial charge in [0.25, 0.3) is 0 Å². The molecule has 0 unspecified atom stereocenters. The molecule has 20 heavy (non-hydrogen) atoms. The number of fused-ring (bicyclic) bond motifs is 1. The van der Waals surface area contributed by atoms with Crippen molar-refractivity contribution in [2.45, 2.75) is 46.0 Å². The summed E-state index contributed by atoms with van der Waals surface area (Å²) in [5.41, 5.74) is 3.93. The van der Waals surface area contributed by atoms with E-state index in [4.69, 9.17) is 0 Å². The van der Waals surface area contributed by atoms with Crippen molar-refractivity contribution < 1.29 is 4.79 Å². The van der Waals surface area contributed by atoms with Crippen molar-refractivity contribution in [2.75, 3.05) is 5.32 Å². The van der Waals surface area contributed by atoms with Crippen molar-refractivity contribution in [3.05, 3.63) is 29.7 Å². The van der Waals surface area contributed by atoms with Crippen LogP contribution in [-0.4, -0.2) is 15.3 Å². The van der Waals surface area contributed by atoms with E-state index >= 15 is 0 Å². The number of rotatable bonds is 2. The van der Waals surface area contributed by atoms with E-state index in [0.29, 0.717) is 0 Å². The molecule has 0 saturated heterocycles. The molecule has 106 valence electrons. The Kier molecular flexibility index (Phi) is 3.47. The fourth-order valence-corrected chi connectivity index (χ4v) is 2.96. The van der Waals surface area contributed by atoms with Crippen molar-refractivity contribution in [2.24, 2.45) is 5.92 Å². The lowest BCUT2D eigenvalue weighted by Crippen LogP contribution is -2.24. The van der Waals surface area contributed by atoms with Crippen molar-refractivity contribution in [3.8, 4) is 0 Å². The first-order valence-corrected chi connectivity index (χ1v) is 7.41. The van der Waals surface area contributed by atoms with Gasteiger partial charge in [0.2, 0.25) is 5.91 Å². The fourth-order valence-electron chi connectivity index (χ4n) is 2.96. The van der Waals surface area contributed by atoms with E-state index in [1.165, 1.54) is 19.3 Å². The Balaban J connectivity index is 1.80. The van der Waals surface area contributed by atoms with Crippen LogP contribution in [-0.2, 0) is 4.79 Å². The van der Waals surface area contributed by atoms with Crippen LogP contribution in [0.25, 0.3) is 5.65 Å². The predicted octanol–water partition coefficient (Wildman–Crippen LogP) is 3.47. The molecule has 0 bridgehead atoms. The largest absolute Gasteiger partial charge is 0.325 e. The first-order chi connectivity index (χ1) is 9.65. The van der Waals surface area contributed by atoms with Crippen LogP contribution < -0.4 is 5.32 Å². The van der Waals surface area contributed by atoms with Crippen LogP contribution in [0.5, 0.6) is 0 Å². The van der Waals surface area contributed by atoms with Crippen LogP contribution in [0.4, 0.5) is 5.69 Å². The van der Waals surface area contributed by atoms with Gasteiger partial charge in [-0.2, -0.15) is 0 Å². The van der Waals surface area contributed by atoms with E-state index in [1.54, 1.807) is 0 Å². The molecule has 0 spiro atoms. The minimum Gasteiger partial charge on any atom is -0.325 e. The summed E-state index contributed by atoms with van der Waals surface area (Å²) in [7, 11) is 0. The molecule has 1 saturated carbocycles. The second-order valence-corrected chi connectivity index (χ2v) is 5.75. The third-order valence-electron chi connectivity index (χ3n) is 4.34. The number of imidazole rings is 1. The van der Waals surface area contributed by atoms with Gasteiger partial charge in [0.05, 0.1) is 11.4 Å². The number of hydrogen-bond donors (Lipinski definition) is 1. The van der Waals surface area contributed by atoms with Crippen molar-refractivity contribution >= 4 is 17.2 Å². The van der Waals surface area contributed by atoms with E-state index in [0.717, 1.165) is 35.6 Å². The van der Waals surface area contributed by atoms with Gasteiger partial charge in [-0.05, 0) is 38.8 Å². The standard InChI is InChI=1S/C16H21N3O/c1-11-12(2)19-10-14(8-9-15(19)17-11)18-16(20)13-6-4-3-5-7-13/h8-10,13H,3-7H2,1-2H3,(H,18,20). The van der Waals surface area contributed by atoms with Gasteiger partial charge in [-0.25, -0.2) is 4.98 Å². The highest BCUT2D eigenvalue weighted by Gasteiger charge is 2.21. The fraction of sp³-hybridized carbons (Fsp3) is 0.500. The monoisotopic (exact) mass is 271 g/mol. The van der Waals surface area contributed by atoms with Gasteiger partial charge < -0.3 is 9.72 Å². The maximum absolute atomic E-state index is 12.3. The van der Waals surface area contributed by atoms with Crippen LogP contribution >= 0.6 is 0 Å². The molecule has 4 nitrogen and oxygen atoms in total. The van der Waals surface area contributed by atoms with E-state index in [-0.39, 0.29) is 11.8 Å². The summed E-state index contributed by atoms with van der Waals surface area (Å²) >= 11 is 0. The van der Waals surface area contributed by atoms with Crippen LogP contribution in [0.15, 0.2) is 18.3 Å². The van der Waals surface area contributed by atoms with Crippen LogP contribution in [0, 0.1) is 19.8 Å². The van der Waals surface area contributed by atoms with Gasteiger partial charge in [-0.3, -0.25) is 4.79 Å². The number of hydrogen-bond acceptors (Lipinski definition) is 2. The maximum Gasteiger partial charge on any atom is 0.227 e. The molecule has 4 heteroatoms. The zero-order valence-electron chi connectivity index (χ0n) is 12.1. The highest BCUT2D eigenvalue weighted by atomic mass is 16.1. The topological polar surface area (TPSA) is 46.4 Å². The molecule has 1 N–H and O–H groups in total. The maximum atomic E-state index is 12.3. The molecule has 1 amide bonds. The molecule has 0 aliphatic heterocycles. The summed E-state index contributed by atoms with van der Waals surface area (Å²) < 4.78 is 2.03. The Hall–Kier alpha value is -1.84. The van der Waals surface area contributed by atoms with E-state index in [2.05, 4.69) is 10.3 Å². The molecular formula is C16H21N3O. The molecule has 0 atom stereocenters. The van der Waals surface area contributed by atoms with E-state index < -0.39 is 0 Å². The summed E-state index contributed by atoms with van der Waals surface area (Å²) in [5.74, 6) is 0.351. The summed E-state index contributed by atoms with van der Waals surface area (Å²) in [6.07, 6.45) is 7.64. The predicted molar refractivity (Wildman–Crippen MR) is 79.9 cm³/mol. The number of aromatic nitrogens is 2. The number of nitrogens with zero attached hydrogens (tertiary/aromatic N) is 2. The minimum atomic E-state index is 0.165. The molecule has 1 aliphatic rings. The van der Waals surface area contributed by atoms with Gasteiger partial charge in [0.15, 0.2) is 0 Å². The van der Waals surface area contributed by atoms with Gasteiger partial charge in [-0.1, -0.05) is 19.3 Å². The molecule has 2 aromatic rings. The number of carbonyl (C=O) groups is 1. The Bertz CT molecular complexity index is 638. The number of carbonyl (C=O) groups excluding carboxylic acids is 1. The van der Waals surface area contributed by atoms with E-state index in [1.807, 2.05) is 36.6 Å². The smallest absolute Gasteiger partial charge is 0.227 e. The number of amides is 1. The van der Waals surface area contributed by atoms with Crippen molar-refractivity contribution in [3.63, 3.8) is 0 Å². The number of aryl methyl sites for hydroxylation is 2. The molecular weight excluding hydrogens is 250 g/mol. The van der Waals surface area contributed by atoms with Crippen LogP contribution in [0.1, 0.15) is 43.5 Å². The average Bonchev–Trinajstić information content (AvgIpc) is 2.75. The molecule has 0 aromatic carbocycles. The lowest BCUT2D eigenvalue weighted by molar-refractivity contribution is -0.120. The number of nitrogens with one attached hydrogen (secondary N) is 1. The zero-order valence-corrected chi connectivity index (χ0v) is 12.1. The Labute approximate surface area is 119 Å². The number of pyridine rings is 1. The normalized spacial score (nSPS) is 16.5. The molecule has 1 aliphatic carbocycles. The highest BCUT2D eigenvalue weighted by molar-refractivity contribution is 5.92. The van der Waals surface area contributed by atoms with E-state index in [9.17, 15) is 4.79 Å². The van der Waals surface area contributed by atoms with Gasteiger partial charge in [0, 0.05) is 17.8 Å². The Morgan fingerprint density at radius 3 is 2.75 bits per heavy atom. The average molecular weight is 271 g/mol. The van der Waals surface area contributed by atoms with Gasteiger partial charge in [0.1, 0.15) is 5.65 Å². The first-order valence-electron chi connectivity index (χ1n) is 7.41. The highest BCUT2D eigenvalue weighted by Crippen LogP contribution is 2.25. The minimum absolute atomic E-state index is 0.165. The Morgan fingerprint density at radius 2 is 2.00 bits per heavy atom.